The van der Waals surface area contributed by atoms with Crippen LogP contribution in [0, 0.1) is 6.92 Å². The van der Waals surface area contributed by atoms with E-state index in [-0.39, 0.29) is 0 Å². The molecule has 0 atom stereocenters. The van der Waals surface area contributed by atoms with Crippen LogP contribution in [0.3, 0.4) is 0 Å². The summed E-state index contributed by atoms with van der Waals surface area (Å²) in [4.78, 5) is 10.5. The molecule has 0 saturated carbocycles. The van der Waals surface area contributed by atoms with Crippen molar-refractivity contribution in [2.45, 2.75) is 6.92 Å². The largest absolute Gasteiger partial charge is 0.494 e. The summed E-state index contributed by atoms with van der Waals surface area (Å²) >= 11 is 0. The second-order valence-electron chi connectivity index (χ2n) is 3.80. The van der Waals surface area contributed by atoms with Crippen LogP contribution in [-0.2, 0) is 4.79 Å². The summed E-state index contributed by atoms with van der Waals surface area (Å²) in [6.07, 6.45) is 2.30. The van der Waals surface area contributed by atoms with Gasteiger partial charge in [0, 0.05) is 6.08 Å². The molecule has 1 N–H and O–H groups in total. The topological polar surface area (TPSA) is 90.1 Å². The van der Waals surface area contributed by atoms with Crippen molar-refractivity contribution >= 4 is 12.0 Å². The van der Waals surface area contributed by atoms with Crippen molar-refractivity contribution < 1.29 is 14.6 Å². The average Bonchev–Trinajstić information content (AvgIpc) is 2.84. The Morgan fingerprint density at radius 3 is 2.95 bits per heavy atom. The van der Waals surface area contributed by atoms with Crippen LogP contribution < -0.4 is 4.74 Å². The zero-order chi connectivity index (χ0) is 13.8. The maximum atomic E-state index is 10.5. The molecule has 0 saturated heterocycles. The van der Waals surface area contributed by atoms with E-state index in [2.05, 4.69) is 15.5 Å². The predicted molar refractivity (Wildman–Crippen MR) is 67.1 cm³/mol. The highest BCUT2D eigenvalue weighted by molar-refractivity contribution is 5.84. The molecule has 0 aliphatic heterocycles. The molecule has 2 rings (SSSR count). The Balaban J connectivity index is 2.50. The molecule has 7 heteroatoms. The van der Waals surface area contributed by atoms with Crippen LogP contribution in [0.5, 0.6) is 5.75 Å². The minimum Gasteiger partial charge on any atom is -0.494 e. The number of benzene rings is 1. The molecule has 0 unspecified atom stereocenters. The first kappa shape index (κ1) is 12.7. The zero-order valence-electron chi connectivity index (χ0n) is 10.4. The highest BCUT2D eigenvalue weighted by atomic mass is 16.5. The third-order valence-corrected chi connectivity index (χ3v) is 2.43. The van der Waals surface area contributed by atoms with Gasteiger partial charge in [0.25, 0.3) is 0 Å². The van der Waals surface area contributed by atoms with Crippen molar-refractivity contribution in [3.05, 3.63) is 35.7 Å². The Labute approximate surface area is 109 Å². The first-order chi connectivity index (χ1) is 9.11. The lowest BCUT2D eigenvalue weighted by molar-refractivity contribution is -0.131. The SMILES string of the molecule is COc1ccc(C)cc1-n1nnnc1/C=C/C(=O)O. The standard InChI is InChI=1S/C12H12N4O3/c1-8-3-4-10(19-2)9(7-8)16-11(13-14-15-16)5-6-12(17)18/h3-7H,1-2H3,(H,17,18)/b6-5+. The molecule has 0 amide bonds. The number of aliphatic carboxylic acids is 1. The lowest BCUT2D eigenvalue weighted by atomic mass is 10.2. The molecule has 0 spiro atoms. The second-order valence-corrected chi connectivity index (χ2v) is 3.80. The Bertz CT molecular complexity index is 634. The number of carbonyl (C=O) groups is 1. The van der Waals surface area contributed by atoms with Gasteiger partial charge in [-0.15, -0.1) is 5.10 Å². The van der Waals surface area contributed by atoms with Gasteiger partial charge in [-0.2, -0.15) is 4.68 Å². The lowest BCUT2D eigenvalue weighted by Crippen LogP contribution is -2.03. The number of aryl methyl sites for hydroxylation is 1. The van der Waals surface area contributed by atoms with Crippen LogP contribution in [0.1, 0.15) is 11.4 Å². The van der Waals surface area contributed by atoms with Crippen LogP contribution in [0.15, 0.2) is 24.3 Å². The third-order valence-electron chi connectivity index (χ3n) is 2.43. The van der Waals surface area contributed by atoms with Gasteiger partial charge in [-0.1, -0.05) is 6.07 Å². The zero-order valence-corrected chi connectivity index (χ0v) is 10.4. The van der Waals surface area contributed by atoms with Crippen LogP contribution in [0.25, 0.3) is 11.8 Å². The predicted octanol–water partition coefficient (Wildman–Crippen LogP) is 1.08. The molecule has 0 bridgehead atoms. The van der Waals surface area contributed by atoms with Crippen LogP contribution in [0.4, 0.5) is 0 Å². The fourth-order valence-electron chi connectivity index (χ4n) is 1.58. The van der Waals surface area contributed by atoms with Gasteiger partial charge in [0.15, 0.2) is 5.82 Å². The van der Waals surface area contributed by atoms with E-state index < -0.39 is 5.97 Å². The van der Waals surface area contributed by atoms with Gasteiger partial charge in [0.2, 0.25) is 0 Å². The summed E-state index contributed by atoms with van der Waals surface area (Å²) in [6, 6.07) is 5.56. The number of nitrogens with zero attached hydrogens (tertiary/aromatic N) is 4. The van der Waals surface area contributed by atoms with Gasteiger partial charge in [-0.05, 0) is 41.1 Å². The maximum absolute atomic E-state index is 10.5. The van der Waals surface area contributed by atoms with Crippen molar-refractivity contribution in [1.29, 1.82) is 0 Å². The molecule has 0 aliphatic carbocycles. The molecular weight excluding hydrogens is 248 g/mol. The van der Waals surface area contributed by atoms with Crippen LogP contribution in [-0.4, -0.2) is 38.4 Å². The number of methoxy groups -OCH3 is 1. The highest BCUT2D eigenvalue weighted by Crippen LogP contribution is 2.24. The Morgan fingerprint density at radius 2 is 2.26 bits per heavy atom. The Hall–Kier alpha value is -2.70. The smallest absolute Gasteiger partial charge is 0.328 e. The van der Waals surface area contributed by atoms with Gasteiger partial charge in [0.05, 0.1) is 7.11 Å². The number of rotatable bonds is 4. The third kappa shape index (κ3) is 2.76. The Morgan fingerprint density at radius 1 is 1.47 bits per heavy atom. The second kappa shape index (κ2) is 5.30. The number of carboxylic acid groups (broad SMARTS) is 1. The van der Waals surface area contributed by atoms with Gasteiger partial charge in [-0.3, -0.25) is 0 Å². The summed E-state index contributed by atoms with van der Waals surface area (Å²) in [7, 11) is 1.55. The molecule has 1 aromatic carbocycles. The van der Waals surface area contributed by atoms with Crippen molar-refractivity contribution in [2.75, 3.05) is 7.11 Å². The molecule has 0 aliphatic rings. The molecule has 2 aromatic rings. The summed E-state index contributed by atoms with van der Waals surface area (Å²) in [6.45, 7) is 1.93. The number of tetrazole rings is 1. The Kier molecular flexibility index (Phi) is 3.56. The van der Waals surface area contributed by atoms with Gasteiger partial charge in [-0.25, -0.2) is 4.79 Å². The first-order valence-corrected chi connectivity index (χ1v) is 5.46. The first-order valence-electron chi connectivity index (χ1n) is 5.46. The number of ether oxygens (including phenoxy) is 1. The monoisotopic (exact) mass is 260 g/mol. The minimum absolute atomic E-state index is 0.311. The normalized spacial score (nSPS) is 10.8. The van der Waals surface area contributed by atoms with Crippen molar-refractivity contribution in [3.63, 3.8) is 0 Å². The summed E-state index contributed by atoms with van der Waals surface area (Å²) in [5.74, 6) is -0.153. The minimum atomic E-state index is -1.06. The van der Waals surface area contributed by atoms with Crippen LogP contribution in [0.2, 0.25) is 0 Å². The quantitative estimate of drug-likeness (QED) is 0.827. The van der Waals surface area contributed by atoms with E-state index in [4.69, 9.17) is 9.84 Å². The van der Waals surface area contributed by atoms with Crippen LogP contribution >= 0.6 is 0 Å². The van der Waals surface area contributed by atoms with E-state index in [1.54, 1.807) is 13.2 Å². The fourth-order valence-corrected chi connectivity index (χ4v) is 1.58. The van der Waals surface area contributed by atoms with E-state index in [9.17, 15) is 4.79 Å². The van der Waals surface area contributed by atoms with E-state index in [0.29, 0.717) is 17.3 Å². The van der Waals surface area contributed by atoms with Gasteiger partial charge < -0.3 is 9.84 Å². The van der Waals surface area contributed by atoms with E-state index in [0.717, 1.165) is 11.6 Å². The summed E-state index contributed by atoms with van der Waals surface area (Å²) < 4.78 is 6.67. The molecule has 0 radical (unpaired) electrons. The fraction of sp³-hybridized carbons (Fsp3) is 0.167. The number of hydrogen-bond donors (Lipinski definition) is 1. The average molecular weight is 260 g/mol. The summed E-state index contributed by atoms with van der Waals surface area (Å²) in [5, 5.41) is 19.8. The number of carboxylic acids is 1. The molecule has 1 heterocycles. The number of hydrogen-bond acceptors (Lipinski definition) is 5. The van der Waals surface area contributed by atoms with E-state index >= 15 is 0 Å². The number of aromatic nitrogens is 4. The van der Waals surface area contributed by atoms with Crippen molar-refractivity contribution in [1.82, 2.24) is 20.2 Å². The maximum Gasteiger partial charge on any atom is 0.328 e. The van der Waals surface area contributed by atoms with E-state index in [1.165, 1.54) is 10.8 Å². The molecule has 7 nitrogen and oxygen atoms in total. The van der Waals surface area contributed by atoms with Crippen molar-refractivity contribution in [3.8, 4) is 11.4 Å². The molecule has 1 aromatic heterocycles. The lowest BCUT2D eigenvalue weighted by Gasteiger charge is -2.09. The van der Waals surface area contributed by atoms with Gasteiger partial charge >= 0.3 is 5.97 Å². The highest BCUT2D eigenvalue weighted by Gasteiger charge is 2.11. The van der Waals surface area contributed by atoms with Gasteiger partial charge in [0.1, 0.15) is 11.4 Å². The molecule has 0 fully saturated rings. The molecule has 98 valence electrons. The molecular formula is C12H12N4O3. The van der Waals surface area contributed by atoms with E-state index in [1.807, 2.05) is 19.1 Å². The molecule has 19 heavy (non-hydrogen) atoms. The summed E-state index contributed by atoms with van der Waals surface area (Å²) in [5.41, 5.74) is 1.66. The van der Waals surface area contributed by atoms with Crippen molar-refractivity contribution in [2.24, 2.45) is 0 Å².